The Morgan fingerprint density at radius 3 is 1.72 bits per heavy atom. The van der Waals surface area contributed by atoms with E-state index in [2.05, 4.69) is 38.2 Å². The Kier molecular flexibility index (Phi) is 29.6. The van der Waals surface area contributed by atoms with Crippen LogP contribution in [0.1, 0.15) is 149 Å². The van der Waals surface area contributed by atoms with Crippen molar-refractivity contribution in [2.45, 2.75) is 155 Å². The van der Waals surface area contributed by atoms with Gasteiger partial charge in [0.1, 0.15) is 19.8 Å². The molecule has 0 aromatic rings. The summed E-state index contributed by atoms with van der Waals surface area (Å²) in [5.41, 5.74) is 0. The highest BCUT2D eigenvalue weighted by atomic mass is 31.2. The van der Waals surface area contributed by atoms with Crippen LogP contribution in [0.2, 0.25) is 0 Å². The molecule has 1 N–H and O–H groups in total. The first-order chi connectivity index (χ1) is 22.5. The van der Waals surface area contributed by atoms with Gasteiger partial charge in [0.2, 0.25) is 0 Å². The maximum Gasteiger partial charge on any atom is 0.472 e. The van der Waals surface area contributed by atoms with E-state index >= 15 is 0 Å². The van der Waals surface area contributed by atoms with Crippen molar-refractivity contribution in [3.63, 3.8) is 0 Å². The van der Waals surface area contributed by atoms with Gasteiger partial charge in [0.25, 0.3) is 0 Å². The Morgan fingerprint density at radius 2 is 1.15 bits per heavy atom. The van der Waals surface area contributed by atoms with Gasteiger partial charge in [0.15, 0.2) is 6.10 Å². The summed E-state index contributed by atoms with van der Waals surface area (Å²) in [6.45, 7) is 4.32. The fraction of sp³-hybridized carbons (Fsp3) is 0.838. The van der Waals surface area contributed by atoms with Gasteiger partial charge in [-0.25, -0.2) is 4.57 Å². The molecule has 0 amide bonds. The number of phosphoric acid groups is 1. The number of hydrogen-bond acceptors (Lipinski definition) is 7. The molecule has 2 atom stereocenters. The van der Waals surface area contributed by atoms with Gasteiger partial charge in [0, 0.05) is 12.8 Å². The molecule has 0 fully saturated rings. The standard InChI is InChI=1S/C37H70NO8P/c1-6-8-10-12-14-16-17-18-19-20-21-22-24-25-27-29-36(39)43-33-35(34-45-47(41,42)44-32-31-38(3,4)5)46-37(40)30-28-26-23-15-13-11-9-7-2/h14,16,18-19,35H,6-13,15,17,20-34H2,1-5H3/p+1/b16-14+,19-18+/t35-/m0/s1. The molecule has 0 saturated heterocycles. The molecule has 0 spiro atoms. The van der Waals surface area contributed by atoms with Crippen LogP contribution in [0, 0.1) is 0 Å². The van der Waals surface area contributed by atoms with Crippen molar-refractivity contribution >= 4 is 19.8 Å². The summed E-state index contributed by atoms with van der Waals surface area (Å²) in [6, 6.07) is 0. The summed E-state index contributed by atoms with van der Waals surface area (Å²) >= 11 is 0. The van der Waals surface area contributed by atoms with Gasteiger partial charge >= 0.3 is 19.8 Å². The maximum absolute atomic E-state index is 12.5. The van der Waals surface area contributed by atoms with E-state index < -0.39 is 26.5 Å². The number of rotatable bonds is 33. The number of phosphoric ester groups is 1. The molecule has 0 bridgehead atoms. The van der Waals surface area contributed by atoms with Crippen molar-refractivity contribution in [2.75, 3.05) is 47.5 Å². The first kappa shape index (κ1) is 45.5. The molecule has 0 aliphatic heterocycles. The minimum Gasteiger partial charge on any atom is -0.462 e. The molecule has 0 aromatic heterocycles. The monoisotopic (exact) mass is 688 g/mol. The van der Waals surface area contributed by atoms with Crippen LogP contribution in [0.5, 0.6) is 0 Å². The Bertz CT molecular complexity index is 871. The van der Waals surface area contributed by atoms with Crippen molar-refractivity contribution in [1.29, 1.82) is 0 Å². The van der Waals surface area contributed by atoms with Crippen LogP contribution < -0.4 is 0 Å². The first-order valence-corrected chi connectivity index (χ1v) is 20.1. The zero-order chi connectivity index (χ0) is 35.1. The van der Waals surface area contributed by atoms with Crippen molar-refractivity contribution in [2.24, 2.45) is 0 Å². The van der Waals surface area contributed by atoms with Crippen molar-refractivity contribution in [3.05, 3.63) is 24.3 Å². The van der Waals surface area contributed by atoms with E-state index in [0.717, 1.165) is 64.2 Å². The van der Waals surface area contributed by atoms with Gasteiger partial charge in [0.05, 0.1) is 27.7 Å². The molecule has 0 heterocycles. The second-order valence-electron chi connectivity index (χ2n) is 13.6. The lowest BCUT2D eigenvalue weighted by atomic mass is 10.1. The minimum atomic E-state index is -4.36. The van der Waals surface area contributed by atoms with Crippen LogP contribution in [-0.4, -0.2) is 74.9 Å². The number of quaternary nitrogens is 1. The highest BCUT2D eigenvalue weighted by Crippen LogP contribution is 2.43. The van der Waals surface area contributed by atoms with Crippen LogP contribution in [0.15, 0.2) is 24.3 Å². The molecule has 0 aliphatic carbocycles. The van der Waals surface area contributed by atoms with E-state index in [-0.39, 0.29) is 32.0 Å². The number of allylic oxidation sites excluding steroid dienone is 4. The summed E-state index contributed by atoms with van der Waals surface area (Å²) in [4.78, 5) is 35.0. The average Bonchev–Trinajstić information content (AvgIpc) is 3.01. The minimum absolute atomic E-state index is 0.0305. The second kappa shape index (κ2) is 30.5. The predicted molar refractivity (Wildman–Crippen MR) is 192 cm³/mol. The van der Waals surface area contributed by atoms with Crippen LogP contribution in [0.25, 0.3) is 0 Å². The lowest BCUT2D eigenvalue weighted by molar-refractivity contribution is -0.870. The van der Waals surface area contributed by atoms with Gasteiger partial charge in [-0.05, 0) is 44.9 Å². The van der Waals surface area contributed by atoms with Crippen LogP contribution in [0.4, 0.5) is 0 Å². The molecule has 0 saturated carbocycles. The quantitative estimate of drug-likeness (QED) is 0.0239. The SMILES string of the molecule is CCCCC/C=C/C/C=C/CCCCCCCC(=O)OC[C@@H](COP(=O)(O)OCC[N+](C)(C)C)OC(=O)CCCCCCCCCC. The first-order valence-electron chi connectivity index (χ1n) is 18.6. The molecule has 10 heteroatoms. The number of carbonyl (C=O) groups excluding carboxylic acids is 2. The summed E-state index contributed by atoms with van der Waals surface area (Å²) < 4.78 is 34.0. The number of likely N-dealkylation sites (N-methyl/N-ethyl adjacent to an activating group) is 1. The third kappa shape index (κ3) is 34.2. The van der Waals surface area contributed by atoms with Crippen LogP contribution >= 0.6 is 7.82 Å². The van der Waals surface area contributed by atoms with E-state index in [9.17, 15) is 19.0 Å². The molecule has 0 aromatic carbocycles. The molecule has 0 rings (SSSR count). The van der Waals surface area contributed by atoms with Gasteiger partial charge in [-0.15, -0.1) is 0 Å². The summed E-state index contributed by atoms with van der Waals surface area (Å²) in [5, 5.41) is 0. The Morgan fingerprint density at radius 1 is 0.660 bits per heavy atom. The lowest BCUT2D eigenvalue weighted by Crippen LogP contribution is -2.37. The number of esters is 2. The van der Waals surface area contributed by atoms with E-state index in [1.54, 1.807) is 0 Å². The van der Waals surface area contributed by atoms with Crippen molar-refractivity contribution in [1.82, 2.24) is 0 Å². The molecule has 47 heavy (non-hydrogen) atoms. The molecule has 9 nitrogen and oxygen atoms in total. The fourth-order valence-corrected chi connectivity index (χ4v) is 5.49. The van der Waals surface area contributed by atoms with E-state index in [1.165, 1.54) is 51.4 Å². The number of carbonyl (C=O) groups is 2. The zero-order valence-corrected chi connectivity index (χ0v) is 31.7. The van der Waals surface area contributed by atoms with E-state index in [0.29, 0.717) is 17.4 Å². The highest BCUT2D eigenvalue weighted by molar-refractivity contribution is 7.47. The smallest absolute Gasteiger partial charge is 0.462 e. The normalized spacial score (nSPS) is 14.1. The van der Waals surface area contributed by atoms with Crippen LogP contribution in [0.3, 0.4) is 0 Å². The Balaban J connectivity index is 4.42. The zero-order valence-electron chi connectivity index (χ0n) is 30.8. The summed E-state index contributed by atoms with van der Waals surface area (Å²) in [5.74, 6) is -0.820. The van der Waals surface area contributed by atoms with Crippen molar-refractivity contribution in [3.8, 4) is 0 Å². The number of ether oxygens (including phenoxy) is 2. The largest absolute Gasteiger partial charge is 0.472 e. The maximum atomic E-state index is 12.5. The third-order valence-corrected chi connectivity index (χ3v) is 8.72. The third-order valence-electron chi connectivity index (χ3n) is 7.73. The van der Waals surface area contributed by atoms with Gasteiger partial charge in [-0.1, -0.05) is 115 Å². The summed E-state index contributed by atoms with van der Waals surface area (Å²) in [7, 11) is 1.47. The van der Waals surface area contributed by atoms with E-state index in [1.807, 2.05) is 21.1 Å². The highest BCUT2D eigenvalue weighted by Gasteiger charge is 2.27. The number of hydrogen-bond donors (Lipinski definition) is 1. The Hall–Kier alpha value is -1.51. The number of nitrogens with zero attached hydrogens (tertiary/aromatic N) is 1. The van der Waals surface area contributed by atoms with E-state index in [4.69, 9.17) is 18.5 Å². The predicted octanol–water partition coefficient (Wildman–Crippen LogP) is 9.63. The molecular weight excluding hydrogens is 617 g/mol. The lowest BCUT2D eigenvalue weighted by Gasteiger charge is -2.24. The van der Waals surface area contributed by atoms with Crippen LogP contribution in [-0.2, 0) is 32.7 Å². The van der Waals surface area contributed by atoms with Gasteiger partial charge < -0.3 is 18.9 Å². The molecule has 276 valence electrons. The molecular formula is C37H71NO8P+. The molecule has 1 unspecified atom stereocenters. The van der Waals surface area contributed by atoms with Gasteiger partial charge in [-0.2, -0.15) is 0 Å². The Labute approximate surface area is 288 Å². The summed E-state index contributed by atoms with van der Waals surface area (Å²) in [6.07, 6.45) is 29.5. The number of unbranched alkanes of at least 4 members (excludes halogenated alkanes) is 15. The molecule has 0 aliphatic rings. The second-order valence-corrected chi connectivity index (χ2v) is 15.1. The topological polar surface area (TPSA) is 108 Å². The molecule has 0 radical (unpaired) electrons. The van der Waals surface area contributed by atoms with Gasteiger partial charge in [-0.3, -0.25) is 18.6 Å². The fourth-order valence-electron chi connectivity index (χ4n) is 4.75. The van der Waals surface area contributed by atoms with Crippen molar-refractivity contribution < 1.29 is 42.1 Å². The average molecular weight is 689 g/mol.